The summed E-state index contributed by atoms with van der Waals surface area (Å²) >= 11 is 1.54. The summed E-state index contributed by atoms with van der Waals surface area (Å²) < 4.78 is 0. The molecule has 1 unspecified atom stereocenters. The zero-order chi connectivity index (χ0) is 12.3. The molecule has 5 nitrogen and oxygen atoms in total. The predicted octanol–water partition coefficient (Wildman–Crippen LogP) is 3.22. The van der Waals surface area contributed by atoms with Crippen LogP contribution in [-0.2, 0) is 0 Å². The van der Waals surface area contributed by atoms with Gasteiger partial charge in [0.1, 0.15) is 0 Å². The van der Waals surface area contributed by atoms with Crippen molar-refractivity contribution in [1.82, 2.24) is 4.98 Å². The van der Waals surface area contributed by atoms with Crippen LogP contribution in [-0.4, -0.2) is 9.91 Å². The SMILES string of the molecule is CC(Nc1ccc([N+](=O)[O-])cc1)c1cscn1. The number of nitrogens with one attached hydrogen (secondary N) is 1. The Labute approximate surface area is 102 Å². The monoisotopic (exact) mass is 249 g/mol. The highest BCUT2D eigenvalue weighted by Crippen LogP contribution is 2.21. The highest BCUT2D eigenvalue weighted by Gasteiger charge is 2.08. The van der Waals surface area contributed by atoms with Crippen molar-refractivity contribution >= 4 is 22.7 Å². The molecular formula is C11H11N3O2S. The molecule has 1 aromatic heterocycles. The smallest absolute Gasteiger partial charge is 0.269 e. The lowest BCUT2D eigenvalue weighted by Gasteiger charge is -2.12. The van der Waals surface area contributed by atoms with Gasteiger partial charge in [-0.3, -0.25) is 10.1 Å². The number of non-ortho nitro benzene ring substituents is 1. The predicted molar refractivity (Wildman–Crippen MR) is 67.2 cm³/mol. The summed E-state index contributed by atoms with van der Waals surface area (Å²) in [6.07, 6.45) is 0. The lowest BCUT2D eigenvalue weighted by molar-refractivity contribution is -0.384. The first kappa shape index (κ1) is 11.5. The third-order valence-corrected chi connectivity index (χ3v) is 2.96. The molecule has 0 saturated heterocycles. The number of nitro benzene ring substituents is 1. The first-order valence-electron chi connectivity index (χ1n) is 5.06. The second kappa shape index (κ2) is 4.92. The molecular weight excluding hydrogens is 238 g/mol. The van der Waals surface area contributed by atoms with Crippen LogP contribution >= 0.6 is 11.3 Å². The molecule has 0 bridgehead atoms. The number of nitrogens with zero attached hydrogens (tertiary/aromatic N) is 2. The molecule has 0 amide bonds. The van der Waals surface area contributed by atoms with Crippen molar-refractivity contribution in [2.24, 2.45) is 0 Å². The Balaban J connectivity index is 2.06. The summed E-state index contributed by atoms with van der Waals surface area (Å²) in [6.45, 7) is 2.00. The maximum Gasteiger partial charge on any atom is 0.269 e. The zero-order valence-electron chi connectivity index (χ0n) is 9.16. The average Bonchev–Trinajstić information content (AvgIpc) is 2.83. The second-order valence-electron chi connectivity index (χ2n) is 3.58. The second-order valence-corrected chi connectivity index (χ2v) is 4.30. The van der Waals surface area contributed by atoms with E-state index in [-0.39, 0.29) is 11.7 Å². The van der Waals surface area contributed by atoms with Gasteiger partial charge in [0.15, 0.2) is 0 Å². The highest BCUT2D eigenvalue weighted by atomic mass is 32.1. The van der Waals surface area contributed by atoms with Crippen LogP contribution < -0.4 is 5.32 Å². The van der Waals surface area contributed by atoms with Crippen molar-refractivity contribution in [1.29, 1.82) is 0 Å². The summed E-state index contributed by atoms with van der Waals surface area (Å²) in [7, 11) is 0. The van der Waals surface area contributed by atoms with E-state index in [1.807, 2.05) is 12.3 Å². The molecule has 17 heavy (non-hydrogen) atoms. The number of aromatic nitrogens is 1. The van der Waals surface area contributed by atoms with E-state index in [2.05, 4.69) is 10.3 Å². The Kier molecular flexibility index (Phi) is 3.34. The van der Waals surface area contributed by atoms with Crippen molar-refractivity contribution in [3.63, 3.8) is 0 Å². The lowest BCUT2D eigenvalue weighted by Crippen LogP contribution is -2.06. The van der Waals surface area contributed by atoms with Gasteiger partial charge in [-0.25, -0.2) is 4.98 Å². The number of thiazole rings is 1. The normalized spacial score (nSPS) is 12.1. The van der Waals surface area contributed by atoms with Crippen molar-refractivity contribution in [2.45, 2.75) is 13.0 Å². The summed E-state index contributed by atoms with van der Waals surface area (Å²) in [4.78, 5) is 14.3. The van der Waals surface area contributed by atoms with E-state index < -0.39 is 4.92 Å². The number of hydrogen-bond acceptors (Lipinski definition) is 5. The Morgan fingerprint density at radius 2 is 2.12 bits per heavy atom. The van der Waals surface area contributed by atoms with Crippen LogP contribution in [0.25, 0.3) is 0 Å². The molecule has 0 spiro atoms. The van der Waals surface area contributed by atoms with Crippen molar-refractivity contribution < 1.29 is 4.92 Å². The van der Waals surface area contributed by atoms with Gasteiger partial charge in [-0.05, 0) is 19.1 Å². The fourth-order valence-corrected chi connectivity index (χ4v) is 2.09. The van der Waals surface area contributed by atoms with Gasteiger partial charge in [0.25, 0.3) is 5.69 Å². The van der Waals surface area contributed by atoms with E-state index in [0.717, 1.165) is 11.4 Å². The van der Waals surface area contributed by atoms with Gasteiger partial charge in [0, 0.05) is 23.2 Å². The standard InChI is InChI=1S/C11H11N3O2S/c1-8(11-6-17-7-12-11)13-9-2-4-10(5-3-9)14(15)16/h2-8,13H,1H3. The summed E-state index contributed by atoms with van der Waals surface area (Å²) in [6, 6.07) is 6.44. The number of rotatable bonds is 4. The van der Waals surface area contributed by atoms with E-state index in [0.29, 0.717) is 0 Å². The number of anilines is 1. The van der Waals surface area contributed by atoms with E-state index in [1.54, 1.807) is 29.0 Å². The molecule has 2 rings (SSSR count). The molecule has 6 heteroatoms. The van der Waals surface area contributed by atoms with Crippen LogP contribution in [0, 0.1) is 10.1 Å². The Morgan fingerprint density at radius 3 is 2.65 bits per heavy atom. The minimum atomic E-state index is -0.409. The molecule has 0 fully saturated rings. The number of hydrogen-bond donors (Lipinski definition) is 1. The fourth-order valence-electron chi connectivity index (χ4n) is 1.44. The average molecular weight is 249 g/mol. The van der Waals surface area contributed by atoms with Gasteiger partial charge in [-0.1, -0.05) is 0 Å². The third-order valence-electron chi connectivity index (χ3n) is 2.36. The van der Waals surface area contributed by atoms with Gasteiger partial charge < -0.3 is 5.32 Å². The maximum absolute atomic E-state index is 10.5. The van der Waals surface area contributed by atoms with Crippen LogP contribution in [0.1, 0.15) is 18.7 Å². The quantitative estimate of drug-likeness (QED) is 0.667. The van der Waals surface area contributed by atoms with Gasteiger partial charge in [0.05, 0.1) is 22.2 Å². The van der Waals surface area contributed by atoms with Crippen molar-refractivity contribution in [3.8, 4) is 0 Å². The van der Waals surface area contributed by atoms with Crippen LogP contribution in [0.3, 0.4) is 0 Å². The van der Waals surface area contributed by atoms with Crippen LogP contribution in [0.4, 0.5) is 11.4 Å². The van der Waals surface area contributed by atoms with Gasteiger partial charge in [-0.2, -0.15) is 0 Å². The van der Waals surface area contributed by atoms with Crippen LogP contribution in [0.15, 0.2) is 35.2 Å². The molecule has 0 saturated carbocycles. The van der Waals surface area contributed by atoms with Gasteiger partial charge in [-0.15, -0.1) is 11.3 Å². The third kappa shape index (κ3) is 2.79. The maximum atomic E-state index is 10.5. The van der Waals surface area contributed by atoms with E-state index in [1.165, 1.54) is 12.1 Å². The lowest BCUT2D eigenvalue weighted by atomic mass is 10.2. The topological polar surface area (TPSA) is 68.1 Å². The fraction of sp³-hybridized carbons (Fsp3) is 0.182. The molecule has 1 aromatic carbocycles. The summed E-state index contributed by atoms with van der Waals surface area (Å²) in [5.41, 5.74) is 3.69. The van der Waals surface area contributed by atoms with Crippen molar-refractivity contribution in [3.05, 3.63) is 51.0 Å². The Hall–Kier alpha value is -1.95. The molecule has 1 heterocycles. The molecule has 1 N–H and O–H groups in total. The summed E-state index contributed by atoms with van der Waals surface area (Å²) in [5.74, 6) is 0. The van der Waals surface area contributed by atoms with Crippen molar-refractivity contribution in [2.75, 3.05) is 5.32 Å². The summed E-state index contributed by atoms with van der Waals surface area (Å²) in [5, 5.41) is 15.7. The van der Waals surface area contributed by atoms with Crippen LogP contribution in [0.2, 0.25) is 0 Å². The Bertz CT molecular complexity index is 496. The van der Waals surface area contributed by atoms with E-state index in [4.69, 9.17) is 0 Å². The molecule has 0 aliphatic rings. The largest absolute Gasteiger partial charge is 0.377 e. The van der Waals surface area contributed by atoms with Gasteiger partial charge >= 0.3 is 0 Å². The van der Waals surface area contributed by atoms with Gasteiger partial charge in [0.2, 0.25) is 0 Å². The minimum absolute atomic E-state index is 0.0858. The zero-order valence-corrected chi connectivity index (χ0v) is 9.98. The van der Waals surface area contributed by atoms with E-state index in [9.17, 15) is 10.1 Å². The first-order valence-corrected chi connectivity index (χ1v) is 6.00. The molecule has 1 atom stereocenters. The number of nitro groups is 1. The minimum Gasteiger partial charge on any atom is -0.377 e. The number of benzene rings is 1. The molecule has 2 aromatic rings. The van der Waals surface area contributed by atoms with E-state index >= 15 is 0 Å². The molecule has 0 aliphatic carbocycles. The van der Waals surface area contributed by atoms with Crippen LogP contribution in [0.5, 0.6) is 0 Å². The highest BCUT2D eigenvalue weighted by molar-refractivity contribution is 7.07. The molecule has 0 radical (unpaired) electrons. The first-order chi connectivity index (χ1) is 8.16. The Morgan fingerprint density at radius 1 is 1.41 bits per heavy atom. The molecule has 88 valence electrons. The molecule has 0 aliphatic heterocycles.